The maximum absolute atomic E-state index is 6.20. The standard InChI is InChI=1S/C15H11ClN2/c16-15-14(12-7-3-1-4-8-12)18(11-17-15)13-9-5-2-6-10-13/h1-11H. The predicted molar refractivity (Wildman–Crippen MR) is 74.0 cm³/mol. The van der Waals surface area contributed by atoms with E-state index in [0.717, 1.165) is 16.9 Å². The third kappa shape index (κ3) is 1.91. The third-order valence-corrected chi connectivity index (χ3v) is 3.08. The zero-order valence-corrected chi connectivity index (χ0v) is 10.4. The summed E-state index contributed by atoms with van der Waals surface area (Å²) in [5.74, 6) is 0. The van der Waals surface area contributed by atoms with E-state index in [-0.39, 0.29) is 0 Å². The minimum absolute atomic E-state index is 0.519. The Bertz CT molecular complexity index is 645. The third-order valence-electron chi connectivity index (χ3n) is 2.80. The Hall–Kier alpha value is -2.06. The number of para-hydroxylation sites is 1. The van der Waals surface area contributed by atoms with E-state index >= 15 is 0 Å². The molecule has 0 aliphatic carbocycles. The van der Waals surface area contributed by atoms with Crippen LogP contribution in [0.5, 0.6) is 0 Å². The highest BCUT2D eigenvalue weighted by atomic mass is 35.5. The van der Waals surface area contributed by atoms with Crippen LogP contribution in [0.3, 0.4) is 0 Å². The summed E-state index contributed by atoms with van der Waals surface area (Å²) in [6.45, 7) is 0. The molecule has 1 heterocycles. The van der Waals surface area contributed by atoms with Crippen molar-refractivity contribution in [1.29, 1.82) is 0 Å². The van der Waals surface area contributed by atoms with Gasteiger partial charge in [0.15, 0.2) is 5.15 Å². The molecule has 0 aliphatic heterocycles. The monoisotopic (exact) mass is 254 g/mol. The first-order valence-corrected chi connectivity index (χ1v) is 6.08. The Kier molecular flexibility index (Phi) is 2.87. The molecular formula is C15H11ClN2. The van der Waals surface area contributed by atoms with Gasteiger partial charge in [-0.1, -0.05) is 60.1 Å². The predicted octanol–water partition coefficient (Wildman–Crippen LogP) is 4.19. The number of hydrogen-bond acceptors (Lipinski definition) is 1. The van der Waals surface area contributed by atoms with Gasteiger partial charge >= 0.3 is 0 Å². The number of nitrogens with zero attached hydrogens (tertiary/aromatic N) is 2. The maximum atomic E-state index is 6.20. The maximum Gasteiger partial charge on any atom is 0.155 e. The number of imidazole rings is 1. The van der Waals surface area contributed by atoms with E-state index < -0.39 is 0 Å². The summed E-state index contributed by atoms with van der Waals surface area (Å²) in [7, 11) is 0. The van der Waals surface area contributed by atoms with Crippen molar-refractivity contribution >= 4 is 11.6 Å². The molecule has 88 valence electrons. The van der Waals surface area contributed by atoms with Crippen molar-refractivity contribution in [3.8, 4) is 16.9 Å². The van der Waals surface area contributed by atoms with E-state index in [4.69, 9.17) is 11.6 Å². The van der Waals surface area contributed by atoms with Crippen LogP contribution in [0.15, 0.2) is 67.0 Å². The second-order valence-electron chi connectivity index (χ2n) is 3.96. The van der Waals surface area contributed by atoms with Gasteiger partial charge in [-0.2, -0.15) is 0 Å². The van der Waals surface area contributed by atoms with Crippen molar-refractivity contribution in [3.05, 3.63) is 72.1 Å². The van der Waals surface area contributed by atoms with Crippen molar-refractivity contribution in [3.63, 3.8) is 0 Å². The normalized spacial score (nSPS) is 10.5. The van der Waals surface area contributed by atoms with Crippen LogP contribution in [0.4, 0.5) is 0 Å². The summed E-state index contributed by atoms with van der Waals surface area (Å²) < 4.78 is 2.00. The van der Waals surface area contributed by atoms with Crippen LogP contribution in [-0.2, 0) is 0 Å². The molecule has 0 amide bonds. The first-order chi connectivity index (χ1) is 8.86. The molecule has 0 aliphatic rings. The fraction of sp³-hybridized carbons (Fsp3) is 0. The molecule has 1 aromatic heterocycles. The molecule has 2 aromatic carbocycles. The number of rotatable bonds is 2. The molecular weight excluding hydrogens is 244 g/mol. The molecule has 0 atom stereocenters. The van der Waals surface area contributed by atoms with E-state index in [1.807, 2.05) is 65.2 Å². The SMILES string of the molecule is Clc1ncn(-c2ccccc2)c1-c1ccccc1. The lowest BCUT2D eigenvalue weighted by molar-refractivity contribution is 1.06. The average molecular weight is 255 g/mol. The van der Waals surface area contributed by atoms with E-state index in [2.05, 4.69) is 4.98 Å². The van der Waals surface area contributed by atoms with Crippen molar-refractivity contribution in [2.45, 2.75) is 0 Å². The molecule has 2 nitrogen and oxygen atoms in total. The van der Waals surface area contributed by atoms with Crippen LogP contribution < -0.4 is 0 Å². The molecule has 3 rings (SSSR count). The highest BCUT2D eigenvalue weighted by Gasteiger charge is 2.11. The molecule has 0 saturated heterocycles. The lowest BCUT2D eigenvalue weighted by Crippen LogP contribution is -1.94. The van der Waals surface area contributed by atoms with Gasteiger partial charge in [0.05, 0.1) is 5.69 Å². The molecule has 0 radical (unpaired) electrons. The fourth-order valence-electron chi connectivity index (χ4n) is 1.97. The largest absolute Gasteiger partial charge is 0.297 e. The van der Waals surface area contributed by atoms with Crippen LogP contribution in [0.25, 0.3) is 16.9 Å². The zero-order valence-electron chi connectivity index (χ0n) is 9.62. The quantitative estimate of drug-likeness (QED) is 0.670. The summed E-state index contributed by atoms with van der Waals surface area (Å²) in [5, 5.41) is 0.519. The Morgan fingerprint density at radius 2 is 1.44 bits per heavy atom. The number of benzene rings is 2. The lowest BCUT2D eigenvalue weighted by Gasteiger charge is -2.08. The van der Waals surface area contributed by atoms with E-state index in [1.54, 1.807) is 6.33 Å². The van der Waals surface area contributed by atoms with Crippen molar-refractivity contribution < 1.29 is 0 Å². The van der Waals surface area contributed by atoms with Gasteiger partial charge in [-0.05, 0) is 12.1 Å². The molecule has 18 heavy (non-hydrogen) atoms. The molecule has 0 N–H and O–H groups in total. The smallest absolute Gasteiger partial charge is 0.155 e. The lowest BCUT2D eigenvalue weighted by atomic mass is 10.1. The summed E-state index contributed by atoms with van der Waals surface area (Å²) in [6, 6.07) is 20.1. The molecule has 0 spiro atoms. The molecule has 3 aromatic rings. The van der Waals surface area contributed by atoms with Crippen molar-refractivity contribution in [1.82, 2.24) is 9.55 Å². The van der Waals surface area contributed by atoms with Crippen LogP contribution >= 0.6 is 11.6 Å². The topological polar surface area (TPSA) is 17.8 Å². The summed E-state index contributed by atoms with van der Waals surface area (Å²) in [4.78, 5) is 4.20. The van der Waals surface area contributed by atoms with Gasteiger partial charge in [-0.3, -0.25) is 4.57 Å². The number of hydrogen-bond donors (Lipinski definition) is 0. The van der Waals surface area contributed by atoms with E-state index in [0.29, 0.717) is 5.15 Å². The average Bonchev–Trinajstić information content (AvgIpc) is 2.83. The Morgan fingerprint density at radius 3 is 2.11 bits per heavy atom. The second-order valence-corrected chi connectivity index (χ2v) is 4.31. The van der Waals surface area contributed by atoms with Crippen LogP contribution in [0.1, 0.15) is 0 Å². The first kappa shape index (κ1) is 11.1. The minimum atomic E-state index is 0.519. The molecule has 0 saturated carbocycles. The van der Waals surface area contributed by atoms with Gasteiger partial charge in [0.2, 0.25) is 0 Å². The Balaban J connectivity index is 2.19. The zero-order chi connectivity index (χ0) is 12.4. The molecule has 0 unspecified atom stereocenters. The molecule has 3 heteroatoms. The van der Waals surface area contributed by atoms with E-state index in [9.17, 15) is 0 Å². The highest BCUT2D eigenvalue weighted by Crippen LogP contribution is 2.29. The highest BCUT2D eigenvalue weighted by molar-refractivity contribution is 6.32. The molecule has 0 fully saturated rings. The summed E-state index contributed by atoms with van der Waals surface area (Å²) in [6.07, 6.45) is 1.75. The Labute approximate surface area is 110 Å². The number of aromatic nitrogens is 2. The van der Waals surface area contributed by atoms with Crippen molar-refractivity contribution in [2.24, 2.45) is 0 Å². The Morgan fingerprint density at radius 1 is 0.833 bits per heavy atom. The van der Waals surface area contributed by atoms with Crippen LogP contribution in [0, 0.1) is 0 Å². The fourth-order valence-corrected chi connectivity index (χ4v) is 2.21. The van der Waals surface area contributed by atoms with Crippen LogP contribution in [0.2, 0.25) is 5.15 Å². The first-order valence-electron chi connectivity index (χ1n) is 5.70. The van der Waals surface area contributed by atoms with Crippen LogP contribution in [-0.4, -0.2) is 9.55 Å². The van der Waals surface area contributed by atoms with E-state index in [1.165, 1.54) is 0 Å². The number of halogens is 1. The van der Waals surface area contributed by atoms with Gasteiger partial charge in [0.1, 0.15) is 6.33 Å². The summed E-state index contributed by atoms with van der Waals surface area (Å²) >= 11 is 6.20. The van der Waals surface area contributed by atoms with Gasteiger partial charge in [0, 0.05) is 11.3 Å². The second kappa shape index (κ2) is 4.67. The summed E-state index contributed by atoms with van der Waals surface area (Å²) in [5.41, 5.74) is 3.03. The van der Waals surface area contributed by atoms with Gasteiger partial charge in [-0.15, -0.1) is 0 Å². The van der Waals surface area contributed by atoms with Crippen molar-refractivity contribution in [2.75, 3.05) is 0 Å². The van der Waals surface area contributed by atoms with Gasteiger partial charge < -0.3 is 0 Å². The molecule has 0 bridgehead atoms. The van der Waals surface area contributed by atoms with Gasteiger partial charge in [0.25, 0.3) is 0 Å². The minimum Gasteiger partial charge on any atom is -0.297 e. The van der Waals surface area contributed by atoms with Gasteiger partial charge in [-0.25, -0.2) is 4.98 Å².